The topological polar surface area (TPSA) is 57.6 Å². The van der Waals surface area contributed by atoms with Gasteiger partial charge in [0.05, 0.1) is 5.56 Å². The Bertz CT molecular complexity index is 545. The highest BCUT2D eigenvalue weighted by Gasteiger charge is 2.25. The SMILES string of the molecule is Cc1cc(C(=O)O)cc(C(=O)N(C)C2CCC(C)CC2)c1. The van der Waals surface area contributed by atoms with Gasteiger partial charge in [-0.15, -0.1) is 0 Å². The number of aromatic carboxylic acids is 1. The van der Waals surface area contributed by atoms with Crippen LogP contribution in [0, 0.1) is 12.8 Å². The first-order chi connectivity index (χ1) is 9.88. The third kappa shape index (κ3) is 3.63. The highest BCUT2D eigenvalue weighted by Crippen LogP contribution is 2.27. The molecule has 0 spiro atoms. The zero-order valence-electron chi connectivity index (χ0n) is 12.9. The normalized spacial score (nSPS) is 21.9. The highest BCUT2D eigenvalue weighted by molar-refractivity contribution is 5.97. The van der Waals surface area contributed by atoms with E-state index in [1.165, 1.54) is 6.07 Å². The zero-order chi connectivity index (χ0) is 15.6. The number of nitrogens with zero attached hydrogens (tertiary/aromatic N) is 1. The molecule has 1 aliphatic rings. The Labute approximate surface area is 125 Å². The minimum atomic E-state index is -0.998. The lowest BCUT2D eigenvalue weighted by Gasteiger charge is -2.33. The maximum Gasteiger partial charge on any atom is 0.335 e. The van der Waals surface area contributed by atoms with Crippen LogP contribution >= 0.6 is 0 Å². The van der Waals surface area contributed by atoms with Crippen molar-refractivity contribution in [2.75, 3.05) is 7.05 Å². The number of carboxylic acids is 1. The molecule has 0 heterocycles. The second kappa shape index (κ2) is 6.29. The molecule has 2 rings (SSSR count). The van der Waals surface area contributed by atoms with Gasteiger partial charge in [0.15, 0.2) is 0 Å². The van der Waals surface area contributed by atoms with Crippen LogP contribution in [0.1, 0.15) is 58.9 Å². The Kier molecular flexibility index (Phi) is 4.66. The molecular weight excluding hydrogens is 266 g/mol. The van der Waals surface area contributed by atoms with Crippen LogP contribution < -0.4 is 0 Å². The van der Waals surface area contributed by atoms with Crippen molar-refractivity contribution in [3.05, 3.63) is 34.9 Å². The van der Waals surface area contributed by atoms with Crippen molar-refractivity contribution >= 4 is 11.9 Å². The molecule has 1 aliphatic carbocycles. The lowest BCUT2D eigenvalue weighted by Crippen LogP contribution is -2.39. The fourth-order valence-electron chi connectivity index (χ4n) is 3.03. The summed E-state index contributed by atoms with van der Waals surface area (Å²) < 4.78 is 0. The average Bonchev–Trinajstić information content (AvgIpc) is 2.45. The maximum atomic E-state index is 12.6. The molecule has 4 heteroatoms. The van der Waals surface area contributed by atoms with Crippen molar-refractivity contribution < 1.29 is 14.7 Å². The van der Waals surface area contributed by atoms with Crippen LogP contribution in [0.5, 0.6) is 0 Å². The van der Waals surface area contributed by atoms with E-state index in [0.29, 0.717) is 5.56 Å². The van der Waals surface area contributed by atoms with E-state index in [0.717, 1.165) is 37.2 Å². The van der Waals surface area contributed by atoms with Crippen LogP contribution in [0.3, 0.4) is 0 Å². The number of carbonyl (C=O) groups is 2. The van der Waals surface area contributed by atoms with Crippen LogP contribution in [0.15, 0.2) is 18.2 Å². The van der Waals surface area contributed by atoms with E-state index >= 15 is 0 Å². The molecule has 114 valence electrons. The average molecular weight is 289 g/mol. The smallest absolute Gasteiger partial charge is 0.335 e. The van der Waals surface area contributed by atoms with Gasteiger partial charge in [-0.05, 0) is 62.3 Å². The van der Waals surface area contributed by atoms with Crippen LogP contribution in [0.4, 0.5) is 0 Å². The molecule has 1 fully saturated rings. The molecule has 1 aromatic rings. The van der Waals surface area contributed by atoms with Crippen molar-refractivity contribution in [2.45, 2.75) is 45.6 Å². The van der Waals surface area contributed by atoms with Gasteiger partial charge in [0.2, 0.25) is 0 Å². The summed E-state index contributed by atoms with van der Waals surface area (Å²) in [5.74, 6) is -0.343. The summed E-state index contributed by atoms with van der Waals surface area (Å²) in [5.41, 5.74) is 1.43. The highest BCUT2D eigenvalue weighted by atomic mass is 16.4. The number of carbonyl (C=O) groups excluding carboxylic acids is 1. The number of carboxylic acid groups (broad SMARTS) is 1. The van der Waals surface area contributed by atoms with E-state index in [-0.39, 0.29) is 17.5 Å². The van der Waals surface area contributed by atoms with Crippen molar-refractivity contribution in [3.8, 4) is 0 Å². The Hall–Kier alpha value is -1.84. The number of aryl methyl sites for hydroxylation is 1. The molecule has 0 unspecified atom stereocenters. The molecule has 0 radical (unpaired) electrons. The molecule has 1 N–H and O–H groups in total. The minimum Gasteiger partial charge on any atom is -0.478 e. The lowest BCUT2D eigenvalue weighted by atomic mass is 9.86. The monoisotopic (exact) mass is 289 g/mol. The number of hydrogen-bond donors (Lipinski definition) is 1. The molecule has 0 bridgehead atoms. The zero-order valence-corrected chi connectivity index (χ0v) is 12.9. The van der Waals surface area contributed by atoms with E-state index in [4.69, 9.17) is 5.11 Å². The third-order valence-electron chi connectivity index (χ3n) is 4.42. The number of amides is 1. The first-order valence-electron chi connectivity index (χ1n) is 7.50. The summed E-state index contributed by atoms with van der Waals surface area (Å²) >= 11 is 0. The summed E-state index contributed by atoms with van der Waals surface area (Å²) in [7, 11) is 1.83. The second-order valence-corrected chi connectivity index (χ2v) is 6.22. The van der Waals surface area contributed by atoms with Gasteiger partial charge in [-0.3, -0.25) is 4.79 Å². The molecule has 1 saturated carbocycles. The predicted molar refractivity (Wildman–Crippen MR) is 81.7 cm³/mol. The fraction of sp³-hybridized carbons (Fsp3) is 0.529. The van der Waals surface area contributed by atoms with Gasteiger partial charge in [0, 0.05) is 18.7 Å². The maximum absolute atomic E-state index is 12.6. The largest absolute Gasteiger partial charge is 0.478 e. The number of benzene rings is 1. The molecule has 1 amide bonds. The van der Waals surface area contributed by atoms with Gasteiger partial charge < -0.3 is 10.0 Å². The fourth-order valence-corrected chi connectivity index (χ4v) is 3.03. The van der Waals surface area contributed by atoms with Crippen molar-refractivity contribution in [3.63, 3.8) is 0 Å². The Morgan fingerprint density at radius 3 is 2.24 bits per heavy atom. The van der Waals surface area contributed by atoms with Gasteiger partial charge >= 0.3 is 5.97 Å². The Morgan fingerprint density at radius 1 is 1.10 bits per heavy atom. The van der Waals surface area contributed by atoms with E-state index < -0.39 is 5.97 Å². The Morgan fingerprint density at radius 2 is 1.67 bits per heavy atom. The number of hydrogen-bond acceptors (Lipinski definition) is 2. The molecule has 0 atom stereocenters. The van der Waals surface area contributed by atoms with Crippen LogP contribution in [-0.4, -0.2) is 35.0 Å². The standard InChI is InChI=1S/C17H23NO3/c1-11-4-6-15(7-5-11)18(3)16(19)13-8-12(2)9-14(10-13)17(20)21/h8-11,15H,4-7H2,1-3H3,(H,20,21). The summed E-state index contributed by atoms with van der Waals surface area (Å²) in [6.07, 6.45) is 4.36. The second-order valence-electron chi connectivity index (χ2n) is 6.22. The summed E-state index contributed by atoms with van der Waals surface area (Å²) in [6, 6.07) is 5.08. The molecule has 1 aromatic carbocycles. The molecule has 21 heavy (non-hydrogen) atoms. The van der Waals surface area contributed by atoms with Crippen molar-refractivity contribution in [1.29, 1.82) is 0 Å². The first kappa shape index (κ1) is 15.5. The van der Waals surface area contributed by atoms with Crippen LogP contribution in [-0.2, 0) is 0 Å². The van der Waals surface area contributed by atoms with Crippen molar-refractivity contribution in [1.82, 2.24) is 4.90 Å². The number of rotatable bonds is 3. The van der Waals surface area contributed by atoms with E-state index in [1.807, 2.05) is 14.0 Å². The molecule has 0 saturated heterocycles. The molecule has 0 aliphatic heterocycles. The summed E-state index contributed by atoms with van der Waals surface area (Å²) in [5, 5.41) is 9.11. The third-order valence-corrected chi connectivity index (χ3v) is 4.42. The molecular formula is C17H23NO3. The van der Waals surface area contributed by atoms with Gasteiger partial charge in [0.25, 0.3) is 5.91 Å². The Balaban J connectivity index is 2.17. The van der Waals surface area contributed by atoms with Crippen molar-refractivity contribution in [2.24, 2.45) is 5.92 Å². The first-order valence-corrected chi connectivity index (χ1v) is 7.50. The van der Waals surface area contributed by atoms with Gasteiger partial charge in [-0.2, -0.15) is 0 Å². The summed E-state index contributed by atoms with van der Waals surface area (Å²) in [4.78, 5) is 25.5. The van der Waals surface area contributed by atoms with Crippen LogP contribution in [0.2, 0.25) is 0 Å². The van der Waals surface area contributed by atoms with Gasteiger partial charge in [0.1, 0.15) is 0 Å². The minimum absolute atomic E-state index is 0.0826. The summed E-state index contributed by atoms with van der Waals surface area (Å²) in [6.45, 7) is 4.06. The predicted octanol–water partition coefficient (Wildman–Crippen LogP) is 3.34. The quantitative estimate of drug-likeness (QED) is 0.928. The lowest BCUT2D eigenvalue weighted by molar-refractivity contribution is 0.0679. The van der Waals surface area contributed by atoms with E-state index in [2.05, 4.69) is 6.92 Å². The van der Waals surface area contributed by atoms with Crippen LogP contribution in [0.25, 0.3) is 0 Å². The van der Waals surface area contributed by atoms with E-state index in [9.17, 15) is 9.59 Å². The van der Waals surface area contributed by atoms with Gasteiger partial charge in [-0.25, -0.2) is 4.79 Å². The molecule has 4 nitrogen and oxygen atoms in total. The van der Waals surface area contributed by atoms with E-state index in [1.54, 1.807) is 17.0 Å². The molecule has 0 aromatic heterocycles. The van der Waals surface area contributed by atoms with Gasteiger partial charge in [-0.1, -0.05) is 6.92 Å².